The lowest BCUT2D eigenvalue weighted by atomic mass is 10.1. The van der Waals surface area contributed by atoms with Crippen molar-refractivity contribution in [2.75, 3.05) is 23.7 Å². The summed E-state index contributed by atoms with van der Waals surface area (Å²) in [5.74, 6) is 0.905. The number of anilines is 1. The van der Waals surface area contributed by atoms with Crippen LogP contribution in [-0.2, 0) is 6.42 Å². The normalized spacial score (nSPS) is 15.1. The summed E-state index contributed by atoms with van der Waals surface area (Å²) in [5.41, 5.74) is 2.79. The first kappa shape index (κ1) is 9.66. The third-order valence-corrected chi connectivity index (χ3v) is 2.73. The van der Waals surface area contributed by atoms with E-state index in [4.69, 9.17) is 0 Å². The third-order valence-electron chi connectivity index (χ3n) is 2.53. The number of rotatable bonds is 2. The van der Waals surface area contributed by atoms with Crippen molar-refractivity contribution in [2.45, 2.75) is 6.42 Å². The highest BCUT2D eigenvalue weighted by atomic mass is 32.1. The van der Waals surface area contributed by atoms with Gasteiger partial charge in [0, 0.05) is 24.5 Å². The molecule has 0 N–H and O–H groups in total. The predicted octanol–water partition coefficient (Wildman–Crippen LogP) is 2.54. The lowest BCUT2D eigenvalue weighted by Crippen LogP contribution is -2.25. The van der Waals surface area contributed by atoms with E-state index in [9.17, 15) is 0 Å². The second-order valence-corrected chi connectivity index (χ2v) is 3.92. The summed E-state index contributed by atoms with van der Waals surface area (Å²) in [6, 6.07) is 8.62. The van der Waals surface area contributed by atoms with Gasteiger partial charge in [-0.05, 0) is 18.1 Å². The van der Waals surface area contributed by atoms with Gasteiger partial charge in [-0.25, -0.2) is 0 Å². The van der Waals surface area contributed by atoms with Crippen LogP contribution in [0.4, 0.5) is 5.69 Å². The Balaban J connectivity index is 2.32. The molecule has 0 aliphatic carbocycles. The molecule has 1 heterocycles. The zero-order valence-corrected chi connectivity index (χ0v) is 9.08. The Kier molecular flexibility index (Phi) is 3.14. The van der Waals surface area contributed by atoms with Crippen molar-refractivity contribution in [3.05, 3.63) is 42.0 Å². The van der Waals surface area contributed by atoms with E-state index in [1.54, 1.807) is 0 Å². The molecule has 0 amide bonds. The molecule has 0 atom stereocenters. The van der Waals surface area contributed by atoms with Crippen molar-refractivity contribution >= 4 is 18.3 Å². The molecule has 1 nitrogen and oxygen atoms in total. The highest BCUT2D eigenvalue weighted by Crippen LogP contribution is 2.23. The van der Waals surface area contributed by atoms with E-state index in [1.165, 1.54) is 11.3 Å². The number of hydrogen-bond donors (Lipinski definition) is 1. The van der Waals surface area contributed by atoms with Crippen LogP contribution >= 0.6 is 12.6 Å². The number of thiol groups is 1. The minimum Gasteiger partial charge on any atom is -0.367 e. The van der Waals surface area contributed by atoms with Crippen LogP contribution in [0.25, 0.3) is 0 Å². The number of nitrogens with zero attached hydrogens (tertiary/aromatic N) is 1. The Morgan fingerprint density at radius 3 is 2.93 bits per heavy atom. The molecule has 0 saturated carbocycles. The van der Waals surface area contributed by atoms with Gasteiger partial charge in [-0.2, -0.15) is 12.6 Å². The summed E-state index contributed by atoms with van der Waals surface area (Å²) in [6.45, 7) is 2.03. The van der Waals surface area contributed by atoms with Crippen molar-refractivity contribution in [1.29, 1.82) is 0 Å². The van der Waals surface area contributed by atoms with E-state index < -0.39 is 0 Å². The van der Waals surface area contributed by atoms with Gasteiger partial charge in [0.15, 0.2) is 0 Å². The summed E-state index contributed by atoms with van der Waals surface area (Å²) in [6.07, 6.45) is 5.54. The number of benzene rings is 1. The number of para-hydroxylation sites is 1. The van der Waals surface area contributed by atoms with Gasteiger partial charge in [0.1, 0.15) is 0 Å². The zero-order chi connectivity index (χ0) is 9.80. The molecule has 0 fully saturated rings. The molecular weight excluding hydrogens is 190 g/mol. The van der Waals surface area contributed by atoms with Crippen LogP contribution in [0.3, 0.4) is 0 Å². The maximum atomic E-state index is 4.29. The summed E-state index contributed by atoms with van der Waals surface area (Å²) < 4.78 is 0. The fourth-order valence-corrected chi connectivity index (χ4v) is 2.08. The Hall–Kier alpha value is -0.890. The topological polar surface area (TPSA) is 3.24 Å². The van der Waals surface area contributed by atoms with E-state index in [-0.39, 0.29) is 0 Å². The second kappa shape index (κ2) is 4.56. The molecule has 0 aromatic heterocycles. The van der Waals surface area contributed by atoms with Gasteiger partial charge < -0.3 is 4.90 Å². The molecule has 14 heavy (non-hydrogen) atoms. The van der Waals surface area contributed by atoms with Gasteiger partial charge >= 0.3 is 0 Å². The number of hydrogen-bond acceptors (Lipinski definition) is 2. The Morgan fingerprint density at radius 1 is 1.21 bits per heavy atom. The first-order chi connectivity index (χ1) is 6.92. The number of fused-ring (bicyclic) bond motifs is 1. The fourth-order valence-electron chi connectivity index (χ4n) is 1.83. The quantitative estimate of drug-likeness (QED) is 0.573. The minimum absolute atomic E-state index is 0.905. The lowest BCUT2D eigenvalue weighted by molar-refractivity contribution is 0.915. The fraction of sp³-hybridized carbons (Fsp3) is 0.333. The van der Waals surface area contributed by atoms with Gasteiger partial charge in [-0.15, -0.1) is 0 Å². The summed E-state index contributed by atoms with van der Waals surface area (Å²) in [4.78, 5) is 2.38. The van der Waals surface area contributed by atoms with E-state index in [1.807, 2.05) is 0 Å². The van der Waals surface area contributed by atoms with E-state index in [2.05, 4.69) is 53.9 Å². The summed E-state index contributed by atoms with van der Waals surface area (Å²) in [7, 11) is 0. The van der Waals surface area contributed by atoms with Crippen molar-refractivity contribution in [1.82, 2.24) is 0 Å². The molecule has 1 aliphatic heterocycles. The Morgan fingerprint density at radius 2 is 2.07 bits per heavy atom. The Labute approximate surface area is 90.8 Å². The lowest BCUT2D eigenvalue weighted by Gasteiger charge is -2.23. The average molecular weight is 205 g/mol. The molecule has 0 saturated heterocycles. The first-order valence-corrected chi connectivity index (χ1v) is 5.64. The SMILES string of the molecule is SCCN1CC=CCc2ccccc21. The van der Waals surface area contributed by atoms with Crippen LogP contribution in [0.15, 0.2) is 36.4 Å². The zero-order valence-electron chi connectivity index (χ0n) is 8.19. The molecule has 2 heteroatoms. The maximum Gasteiger partial charge on any atom is 0.0405 e. The van der Waals surface area contributed by atoms with E-state index in [0.29, 0.717) is 0 Å². The molecular formula is C12H15NS. The minimum atomic E-state index is 0.905. The van der Waals surface area contributed by atoms with E-state index >= 15 is 0 Å². The molecule has 1 aromatic rings. The van der Waals surface area contributed by atoms with Crippen LogP contribution in [0, 0.1) is 0 Å². The summed E-state index contributed by atoms with van der Waals surface area (Å²) in [5, 5.41) is 0. The first-order valence-electron chi connectivity index (χ1n) is 5.00. The second-order valence-electron chi connectivity index (χ2n) is 3.47. The number of allylic oxidation sites excluding steroid dienone is 1. The van der Waals surface area contributed by atoms with Crippen LogP contribution in [0.5, 0.6) is 0 Å². The van der Waals surface area contributed by atoms with E-state index in [0.717, 1.165) is 25.3 Å². The van der Waals surface area contributed by atoms with Crippen LogP contribution < -0.4 is 4.90 Å². The molecule has 74 valence electrons. The van der Waals surface area contributed by atoms with Crippen LogP contribution in [0.2, 0.25) is 0 Å². The molecule has 1 aromatic carbocycles. The maximum absolute atomic E-state index is 4.29. The molecule has 2 rings (SSSR count). The van der Waals surface area contributed by atoms with Gasteiger partial charge in [-0.1, -0.05) is 30.4 Å². The van der Waals surface area contributed by atoms with Crippen molar-refractivity contribution < 1.29 is 0 Å². The van der Waals surface area contributed by atoms with Crippen molar-refractivity contribution in [3.63, 3.8) is 0 Å². The van der Waals surface area contributed by atoms with Gasteiger partial charge in [-0.3, -0.25) is 0 Å². The van der Waals surface area contributed by atoms with Gasteiger partial charge in [0.25, 0.3) is 0 Å². The van der Waals surface area contributed by atoms with Crippen LogP contribution in [-0.4, -0.2) is 18.8 Å². The van der Waals surface area contributed by atoms with Gasteiger partial charge in [0.2, 0.25) is 0 Å². The molecule has 0 bridgehead atoms. The summed E-state index contributed by atoms with van der Waals surface area (Å²) >= 11 is 4.29. The van der Waals surface area contributed by atoms with Crippen molar-refractivity contribution in [2.24, 2.45) is 0 Å². The van der Waals surface area contributed by atoms with Crippen LogP contribution in [0.1, 0.15) is 5.56 Å². The molecule has 0 radical (unpaired) electrons. The third kappa shape index (κ3) is 1.95. The monoisotopic (exact) mass is 205 g/mol. The largest absolute Gasteiger partial charge is 0.367 e. The van der Waals surface area contributed by atoms with Gasteiger partial charge in [0.05, 0.1) is 0 Å². The standard InChI is InChI=1S/C12H15NS/c14-10-9-13-8-4-3-6-11-5-1-2-7-12(11)13/h1-5,7,14H,6,8-10H2. The molecule has 1 aliphatic rings. The molecule has 0 spiro atoms. The highest BCUT2D eigenvalue weighted by Gasteiger charge is 2.10. The predicted molar refractivity (Wildman–Crippen MR) is 65.4 cm³/mol. The smallest absolute Gasteiger partial charge is 0.0405 e. The highest BCUT2D eigenvalue weighted by molar-refractivity contribution is 7.80. The van der Waals surface area contributed by atoms with Crippen molar-refractivity contribution in [3.8, 4) is 0 Å². The average Bonchev–Trinajstić information content (AvgIpc) is 2.42. The Bertz CT molecular complexity index is 333. The molecule has 0 unspecified atom stereocenters.